The molecule has 0 radical (unpaired) electrons. The van der Waals surface area contributed by atoms with Crippen molar-refractivity contribution in [3.63, 3.8) is 0 Å². The molecule has 22 heavy (non-hydrogen) atoms. The van der Waals surface area contributed by atoms with E-state index in [2.05, 4.69) is 33.6 Å². The first-order valence-electron chi connectivity index (χ1n) is 7.99. The number of thiophene rings is 1. The highest BCUT2D eigenvalue weighted by Crippen LogP contribution is 2.29. The Morgan fingerprint density at radius 2 is 2.27 bits per heavy atom. The van der Waals surface area contributed by atoms with Crippen molar-refractivity contribution in [1.82, 2.24) is 15.0 Å². The number of aromatic nitrogens is 3. The van der Waals surface area contributed by atoms with Gasteiger partial charge in [0.15, 0.2) is 0 Å². The fourth-order valence-electron chi connectivity index (χ4n) is 2.61. The van der Waals surface area contributed by atoms with E-state index in [0.29, 0.717) is 5.92 Å². The van der Waals surface area contributed by atoms with Gasteiger partial charge in [-0.25, -0.2) is 4.68 Å². The summed E-state index contributed by atoms with van der Waals surface area (Å²) in [7, 11) is 0. The van der Waals surface area contributed by atoms with Gasteiger partial charge in [-0.15, -0.1) is 16.4 Å². The number of rotatable bonds is 3. The van der Waals surface area contributed by atoms with E-state index in [4.69, 9.17) is 4.74 Å². The molecule has 1 atom stereocenters. The van der Waals surface area contributed by atoms with E-state index in [1.807, 2.05) is 10.9 Å². The fraction of sp³-hybridized carbons (Fsp3) is 0.529. The normalized spacial score (nSPS) is 21.4. The standard InChI is InChI=1S/C17H19N3OS/c1-2-8-21-15(3-1)10-20-11-16(18-19-20)17-9-14(12-22-17)7-6-13-4-5-13/h9,11-13,15H,1-5,8,10H2. The minimum absolute atomic E-state index is 0.284. The van der Waals surface area contributed by atoms with Crippen molar-refractivity contribution in [3.8, 4) is 22.4 Å². The molecule has 0 amide bonds. The molecule has 0 bridgehead atoms. The topological polar surface area (TPSA) is 39.9 Å². The van der Waals surface area contributed by atoms with Crippen LogP contribution in [0, 0.1) is 17.8 Å². The predicted molar refractivity (Wildman–Crippen MR) is 86.5 cm³/mol. The zero-order valence-corrected chi connectivity index (χ0v) is 13.3. The molecular weight excluding hydrogens is 294 g/mol. The van der Waals surface area contributed by atoms with E-state index < -0.39 is 0 Å². The lowest BCUT2D eigenvalue weighted by Gasteiger charge is -2.21. The number of nitrogens with zero attached hydrogens (tertiary/aromatic N) is 3. The van der Waals surface area contributed by atoms with E-state index in [1.165, 1.54) is 25.7 Å². The Morgan fingerprint density at radius 1 is 1.32 bits per heavy atom. The van der Waals surface area contributed by atoms with Crippen molar-refractivity contribution in [2.75, 3.05) is 6.61 Å². The highest BCUT2D eigenvalue weighted by Gasteiger charge is 2.18. The van der Waals surface area contributed by atoms with Gasteiger partial charge in [-0.3, -0.25) is 0 Å². The molecule has 4 rings (SSSR count). The summed E-state index contributed by atoms with van der Waals surface area (Å²) in [6.07, 6.45) is 8.38. The Kier molecular flexibility index (Phi) is 3.96. The van der Waals surface area contributed by atoms with Crippen molar-refractivity contribution in [3.05, 3.63) is 23.2 Å². The molecule has 1 saturated heterocycles. The Bertz CT molecular complexity index is 699. The first-order chi connectivity index (χ1) is 10.9. The van der Waals surface area contributed by atoms with Gasteiger partial charge in [0.05, 0.1) is 23.7 Å². The van der Waals surface area contributed by atoms with Gasteiger partial charge in [0.1, 0.15) is 5.69 Å². The first-order valence-corrected chi connectivity index (χ1v) is 8.87. The minimum atomic E-state index is 0.284. The largest absolute Gasteiger partial charge is 0.376 e. The van der Waals surface area contributed by atoms with Crippen LogP contribution in [0.1, 0.15) is 37.7 Å². The van der Waals surface area contributed by atoms with Crippen molar-refractivity contribution in [2.24, 2.45) is 5.92 Å². The van der Waals surface area contributed by atoms with Crippen LogP contribution >= 0.6 is 11.3 Å². The van der Waals surface area contributed by atoms with E-state index >= 15 is 0 Å². The Labute approximate surface area is 134 Å². The summed E-state index contributed by atoms with van der Waals surface area (Å²) in [5, 5.41) is 10.6. The third-order valence-corrected chi connectivity index (χ3v) is 5.01. The average Bonchev–Trinajstić information content (AvgIpc) is 3.06. The smallest absolute Gasteiger partial charge is 0.123 e. The molecule has 0 N–H and O–H groups in total. The van der Waals surface area contributed by atoms with Crippen molar-refractivity contribution >= 4 is 11.3 Å². The van der Waals surface area contributed by atoms with Crippen LogP contribution in [0.2, 0.25) is 0 Å². The lowest BCUT2D eigenvalue weighted by atomic mass is 10.1. The molecule has 0 aromatic carbocycles. The van der Waals surface area contributed by atoms with Crippen LogP contribution in [0.3, 0.4) is 0 Å². The van der Waals surface area contributed by atoms with Gasteiger partial charge in [0.2, 0.25) is 0 Å². The van der Waals surface area contributed by atoms with Crippen LogP contribution in [0.5, 0.6) is 0 Å². The summed E-state index contributed by atoms with van der Waals surface area (Å²) < 4.78 is 7.66. The second-order valence-electron chi connectivity index (χ2n) is 6.06. The van der Waals surface area contributed by atoms with Crippen LogP contribution in [-0.2, 0) is 11.3 Å². The zero-order chi connectivity index (χ0) is 14.8. The summed E-state index contributed by atoms with van der Waals surface area (Å²) in [6, 6.07) is 2.12. The monoisotopic (exact) mass is 313 g/mol. The maximum absolute atomic E-state index is 5.76. The molecule has 1 unspecified atom stereocenters. The lowest BCUT2D eigenvalue weighted by molar-refractivity contribution is 0.00370. The second kappa shape index (κ2) is 6.23. The van der Waals surface area contributed by atoms with Crippen LogP contribution in [0.25, 0.3) is 10.6 Å². The zero-order valence-electron chi connectivity index (χ0n) is 12.5. The third-order valence-electron chi connectivity index (χ3n) is 4.05. The quantitative estimate of drug-likeness (QED) is 0.816. The highest BCUT2D eigenvalue weighted by atomic mass is 32.1. The summed E-state index contributed by atoms with van der Waals surface area (Å²) in [5.74, 6) is 7.19. The van der Waals surface area contributed by atoms with Gasteiger partial charge in [-0.2, -0.15) is 0 Å². The molecule has 2 aromatic rings. The summed E-state index contributed by atoms with van der Waals surface area (Å²) in [5.41, 5.74) is 2.03. The Hall–Kier alpha value is -1.64. The van der Waals surface area contributed by atoms with Gasteiger partial charge in [0, 0.05) is 23.5 Å². The molecule has 1 aliphatic carbocycles. The lowest BCUT2D eigenvalue weighted by Crippen LogP contribution is -2.24. The van der Waals surface area contributed by atoms with Crippen molar-refractivity contribution in [1.29, 1.82) is 0 Å². The average molecular weight is 313 g/mol. The maximum Gasteiger partial charge on any atom is 0.123 e. The molecule has 2 fully saturated rings. The maximum atomic E-state index is 5.76. The van der Waals surface area contributed by atoms with Crippen LogP contribution in [-0.4, -0.2) is 27.7 Å². The van der Waals surface area contributed by atoms with E-state index in [9.17, 15) is 0 Å². The van der Waals surface area contributed by atoms with Crippen LogP contribution in [0.15, 0.2) is 17.6 Å². The van der Waals surface area contributed by atoms with E-state index in [1.54, 1.807) is 11.3 Å². The van der Waals surface area contributed by atoms with Gasteiger partial charge in [-0.1, -0.05) is 17.1 Å². The molecule has 2 aromatic heterocycles. The number of ether oxygens (including phenoxy) is 1. The van der Waals surface area contributed by atoms with Crippen molar-refractivity contribution < 1.29 is 4.74 Å². The first kappa shape index (κ1) is 14.0. The van der Waals surface area contributed by atoms with Crippen molar-refractivity contribution in [2.45, 2.75) is 44.8 Å². The minimum Gasteiger partial charge on any atom is -0.376 e. The summed E-state index contributed by atoms with van der Waals surface area (Å²) >= 11 is 1.68. The summed E-state index contributed by atoms with van der Waals surface area (Å²) in [4.78, 5) is 1.14. The number of hydrogen-bond donors (Lipinski definition) is 0. The van der Waals surface area contributed by atoms with Crippen LogP contribution in [0.4, 0.5) is 0 Å². The van der Waals surface area contributed by atoms with Gasteiger partial charge < -0.3 is 4.74 Å². The summed E-state index contributed by atoms with van der Waals surface area (Å²) in [6.45, 7) is 1.67. The molecule has 1 aliphatic heterocycles. The van der Waals surface area contributed by atoms with E-state index in [0.717, 1.165) is 35.7 Å². The molecule has 4 nitrogen and oxygen atoms in total. The molecule has 0 spiro atoms. The van der Waals surface area contributed by atoms with Gasteiger partial charge in [0.25, 0.3) is 0 Å². The molecule has 2 aliphatic rings. The molecule has 5 heteroatoms. The third kappa shape index (κ3) is 3.40. The predicted octanol–water partition coefficient (Wildman–Crippen LogP) is 3.34. The Morgan fingerprint density at radius 3 is 3.09 bits per heavy atom. The second-order valence-corrected chi connectivity index (χ2v) is 6.97. The van der Waals surface area contributed by atoms with Crippen LogP contribution < -0.4 is 0 Å². The van der Waals surface area contributed by atoms with E-state index in [-0.39, 0.29) is 6.10 Å². The molecule has 114 valence electrons. The molecular formula is C17H19N3OS. The van der Waals surface area contributed by atoms with Gasteiger partial charge in [-0.05, 0) is 38.2 Å². The highest BCUT2D eigenvalue weighted by molar-refractivity contribution is 7.13. The number of hydrogen-bond acceptors (Lipinski definition) is 4. The molecule has 1 saturated carbocycles. The fourth-order valence-corrected chi connectivity index (χ4v) is 3.40. The molecule has 3 heterocycles. The Balaban J connectivity index is 1.43. The SMILES string of the molecule is C(#CC1CC1)c1csc(-c2cn(CC3CCCCO3)nn2)c1. The van der Waals surface area contributed by atoms with Gasteiger partial charge >= 0.3 is 0 Å².